The molecule has 0 radical (unpaired) electrons. The normalized spacial score (nSPS) is 10.9. The Morgan fingerprint density at radius 1 is 1.18 bits per heavy atom. The predicted molar refractivity (Wildman–Crippen MR) is 70.8 cm³/mol. The highest BCUT2D eigenvalue weighted by Crippen LogP contribution is 2.19. The summed E-state index contributed by atoms with van der Waals surface area (Å²) < 4.78 is 3.02. The summed E-state index contributed by atoms with van der Waals surface area (Å²) in [5, 5.41) is 1.14. The molecule has 17 heavy (non-hydrogen) atoms. The second kappa shape index (κ2) is 4.30. The number of hydrogen-bond donors (Lipinski definition) is 0. The molecule has 0 saturated heterocycles. The molecule has 0 fully saturated rings. The number of hydrogen-bond acceptors (Lipinski definition) is 2. The van der Waals surface area contributed by atoms with Gasteiger partial charge in [0.25, 0.3) is 0 Å². The van der Waals surface area contributed by atoms with E-state index < -0.39 is 0 Å². The SMILES string of the molecule is Brc1cc2c(ccn2Cc2ccccn2)cn1. The summed E-state index contributed by atoms with van der Waals surface area (Å²) in [7, 11) is 0. The second-order valence-electron chi connectivity index (χ2n) is 3.83. The third kappa shape index (κ3) is 2.08. The molecule has 3 heterocycles. The Morgan fingerprint density at radius 2 is 2.12 bits per heavy atom. The molecule has 0 aliphatic carbocycles. The first-order valence-electron chi connectivity index (χ1n) is 5.33. The molecule has 0 bridgehead atoms. The monoisotopic (exact) mass is 287 g/mol. The Kier molecular flexibility index (Phi) is 2.65. The van der Waals surface area contributed by atoms with Crippen molar-refractivity contribution in [2.75, 3.05) is 0 Å². The number of pyridine rings is 2. The highest BCUT2D eigenvalue weighted by Gasteiger charge is 2.03. The van der Waals surface area contributed by atoms with E-state index in [9.17, 15) is 0 Å². The lowest BCUT2D eigenvalue weighted by atomic mass is 10.3. The first kappa shape index (κ1) is 10.5. The van der Waals surface area contributed by atoms with Crippen molar-refractivity contribution in [2.45, 2.75) is 6.54 Å². The third-order valence-corrected chi connectivity index (χ3v) is 3.11. The number of aromatic nitrogens is 3. The Labute approximate surface area is 107 Å². The molecule has 3 rings (SSSR count). The first-order valence-corrected chi connectivity index (χ1v) is 6.12. The van der Waals surface area contributed by atoms with Crippen molar-refractivity contribution >= 4 is 26.8 Å². The van der Waals surface area contributed by atoms with Gasteiger partial charge in [-0.15, -0.1) is 0 Å². The average molecular weight is 288 g/mol. The maximum atomic E-state index is 4.33. The minimum atomic E-state index is 0.779. The summed E-state index contributed by atoms with van der Waals surface area (Å²) in [6.07, 6.45) is 5.75. The molecular formula is C13H10BrN3. The molecule has 0 aliphatic heterocycles. The smallest absolute Gasteiger partial charge is 0.108 e. The van der Waals surface area contributed by atoms with Crippen LogP contribution in [0.2, 0.25) is 0 Å². The van der Waals surface area contributed by atoms with Gasteiger partial charge < -0.3 is 4.57 Å². The fraction of sp³-hybridized carbons (Fsp3) is 0.0769. The fourth-order valence-electron chi connectivity index (χ4n) is 1.86. The summed E-state index contributed by atoms with van der Waals surface area (Å²) >= 11 is 3.40. The lowest BCUT2D eigenvalue weighted by Crippen LogP contribution is -1.99. The lowest BCUT2D eigenvalue weighted by Gasteiger charge is -2.04. The van der Waals surface area contributed by atoms with Gasteiger partial charge in [0.15, 0.2) is 0 Å². The zero-order valence-corrected chi connectivity index (χ0v) is 10.6. The summed E-state index contributed by atoms with van der Waals surface area (Å²) in [6.45, 7) is 0.779. The molecule has 0 saturated carbocycles. The van der Waals surface area contributed by atoms with Crippen LogP contribution < -0.4 is 0 Å². The van der Waals surface area contributed by atoms with Crippen LogP contribution in [0.4, 0.5) is 0 Å². The zero-order valence-electron chi connectivity index (χ0n) is 9.05. The molecule has 0 aliphatic rings. The van der Waals surface area contributed by atoms with Gasteiger partial charge in [-0.25, -0.2) is 4.98 Å². The summed E-state index contributed by atoms with van der Waals surface area (Å²) in [4.78, 5) is 8.55. The van der Waals surface area contributed by atoms with Gasteiger partial charge in [-0.2, -0.15) is 0 Å². The molecule has 0 amide bonds. The lowest BCUT2D eigenvalue weighted by molar-refractivity contribution is 0.807. The molecule has 0 N–H and O–H groups in total. The van der Waals surface area contributed by atoms with Gasteiger partial charge in [-0.3, -0.25) is 4.98 Å². The van der Waals surface area contributed by atoms with E-state index in [1.54, 1.807) is 0 Å². The van der Waals surface area contributed by atoms with Crippen LogP contribution in [0.3, 0.4) is 0 Å². The van der Waals surface area contributed by atoms with Gasteiger partial charge in [0.1, 0.15) is 4.60 Å². The van der Waals surface area contributed by atoms with Gasteiger partial charge in [0, 0.05) is 24.0 Å². The van der Waals surface area contributed by atoms with E-state index in [1.165, 1.54) is 0 Å². The van der Waals surface area contributed by atoms with E-state index in [1.807, 2.05) is 36.7 Å². The quantitative estimate of drug-likeness (QED) is 0.678. The van der Waals surface area contributed by atoms with Crippen molar-refractivity contribution in [3.8, 4) is 0 Å². The first-order chi connectivity index (χ1) is 8.33. The van der Waals surface area contributed by atoms with E-state index >= 15 is 0 Å². The predicted octanol–water partition coefficient (Wildman–Crippen LogP) is 3.24. The average Bonchev–Trinajstić information content (AvgIpc) is 2.73. The molecule has 3 aromatic heterocycles. The van der Waals surface area contributed by atoms with Gasteiger partial charge in [0.05, 0.1) is 17.8 Å². The van der Waals surface area contributed by atoms with Crippen molar-refractivity contribution in [1.29, 1.82) is 0 Å². The molecule has 0 atom stereocenters. The van der Waals surface area contributed by atoms with Crippen LogP contribution >= 0.6 is 15.9 Å². The number of fused-ring (bicyclic) bond motifs is 1. The van der Waals surface area contributed by atoms with Gasteiger partial charge in [-0.05, 0) is 40.2 Å². The maximum Gasteiger partial charge on any atom is 0.108 e. The molecule has 3 nitrogen and oxygen atoms in total. The summed E-state index contributed by atoms with van der Waals surface area (Å²) in [5.74, 6) is 0. The zero-order chi connectivity index (χ0) is 11.7. The van der Waals surface area contributed by atoms with E-state index in [0.29, 0.717) is 0 Å². The molecular weight excluding hydrogens is 278 g/mol. The van der Waals surface area contributed by atoms with Gasteiger partial charge in [-0.1, -0.05) is 6.07 Å². The van der Waals surface area contributed by atoms with E-state index in [4.69, 9.17) is 0 Å². The Morgan fingerprint density at radius 3 is 2.94 bits per heavy atom. The van der Waals surface area contributed by atoms with Crippen LogP contribution in [0.1, 0.15) is 5.69 Å². The standard InChI is InChI=1S/C13H10BrN3/c14-13-7-12-10(8-16-13)4-6-17(12)9-11-3-1-2-5-15-11/h1-8H,9H2. The Hall–Kier alpha value is -1.68. The van der Waals surface area contributed by atoms with Crippen molar-refractivity contribution in [3.63, 3.8) is 0 Å². The maximum absolute atomic E-state index is 4.33. The molecule has 3 aromatic rings. The topological polar surface area (TPSA) is 30.7 Å². The van der Waals surface area contributed by atoms with Gasteiger partial charge in [0.2, 0.25) is 0 Å². The van der Waals surface area contributed by atoms with E-state index in [0.717, 1.165) is 27.7 Å². The van der Waals surface area contributed by atoms with Crippen molar-refractivity contribution < 1.29 is 0 Å². The van der Waals surface area contributed by atoms with E-state index in [-0.39, 0.29) is 0 Å². The van der Waals surface area contributed by atoms with Gasteiger partial charge >= 0.3 is 0 Å². The second-order valence-corrected chi connectivity index (χ2v) is 4.64. The number of rotatable bonds is 2. The summed E-state index contributed by atoms with van der Waals surface area (Å²) in [5.41, 5.74) is 2.22. The molecule has 0 unspecified atom stereocenters. The van der Waals surface area contributed by atoms with Crippen molar-refractivity contribution in [2.24, 2.45) is 0 Å². The van der Waals surface area contributed by atoms with E-state index in [2.05, 4.69) is 42.7 Å². The summed E-state index contributed by atoms with van der Waals surface area (Å²) in [6, 6.07) is 10.1. The fourth-order valence-corrected chi connectivity index (χ4v) is 2.18. The molecule has 4 heteroatoms. The molecule has 0 aromatic carbocycles. The Balaban J connectivity index is 2.03. The van der Waals surface area contributed by atoms with Crippen LogP contribution in [0.25, 0.3) is 10.9 Å². The van der Waals surface area contributed by atoms with Crippen LogP contribution in [0, 0.1) is 0 Å². The minimum Gasteiger partial charge on any atom is -0.341 e. The largest absolute Gasteiger partial charge is 0.341 e. The van der Waals surface area contributed by atoms with Crippen molar-refractivity contribution in [1.82, 2.24) is 14.5 Å². The Bertz CT molecular complexity index is 646. The third-order valence-electron chi connectivity index (χ3n) is 2.68. The molecule has 0 spiro atoms. The highest BCUT2D eigenvalue weighted by atomic mass is 79.9. The van der Waals surface area contributed by atoms with Crippen LogP contribution in [0.5, 0.6) is 0 Å². The van der Waals surface area contributed by atoms with Crippen LogP contribution in [-0.4, -0.2) is 14.5 Å². The van der Waals surface area contributed by atoms with Crippen LogP contribution in [-0.2, 0) is 6.54 Å². The molecule has 84 valence electrons. The number of nitrogens with zero attached hydrogens (tertiary/aromatic N) is 3. The minimum absolute atomic E-state index is 0.779. The number of halogens is 1. The highest BCUT2D eigenvalue weighted by molar-refractivity contribution is 9.10. The van der Waals surface area contributed by atoms with Crippen molar-refractivity contribution in [3.05, 3.63) is 59.2 Å². The van der Waals surface area contributed by atoms with Crippen LogP contribution in [0.15, 0.2) is 53.5 Å².